The Hall–Kier alpha value is -2.83. The van der Waals surface area contributed by atoms with Crippen molar-refractivity contribution in [2.24, 2.45) is 5.92 Å². The number of aryl methyl sites for hydroxylation is 1. The second-order valence-electron chi connectivity index (χ2n) is 8.13. The highest BCUT2D eigenvalue weighted by Gasteiger charge is 2.38. The van der Waals surface area contributed by atoms with Crippen molar-refractivity contribution in [1.82, 2.24) is 9.88 Å². The molecule has 2 fully saturated rings. The summed E-state index contributed by atoms with van der Waals surface area (Å²) >= 11 is 0. The van der Waals surface area contributed by atoms with E-state index in [9.17, 15) is 4.79 Å². The quantitative estimate of drug-likeness (QED) is 0.603. The summed E-state index contributed by atoms with van der Waals surface area (Å²) in [5.74, 6) is 1.10. The first-order valence-electron chi connectivity index (χ1n) is 10.5. The van der Waals surface area contributed by atoms with E-state index in [-0.39, 0.29) is 18.8 Å². The SMILES string of the molecule is Cc1[nH]c2ccc(OCCN3CC4COC3C4)cc2c1C(=O)OCc1ccccc1. The van der Waals surface area contributed by atoms with E-state index in [4.69, 9.17) is 14.2 Å². The summed E-state index contributed by atoms with van der Waals surface area (Å²) in [6, 6.07) is 15.5. The molecule has 3 aromatic rings. The molecule has 2 bridgehead atoms. The molecule has 1 N–H and O–H groups in total. The van der Waals surface area contributed by atoms with E-state index < -0.39 is 0 Å². The first-order chi connectivity index (χ1) is 14.7. The van der Waals surface area contributed by atoms with Crippen LogP contribution in [0.25, 0.3) is 10.9 Å². The van der Waals surface area contributed by atoms with Gasteiger partial charge in [-0.3, -0.25) is 4.90 Å². The Kier molecular flexibility index (Phi) is 5.19. The fourth-order valence-corrected chi connectivity index (χ4v) is 4.47. The number of nitrogens with one attached hydrogen (secondary N) is 1. The zero-order valence-corrected chi connectivity index (χ0v) is 17.1. The number of benzene rings is 2. The van der Waals surface area contributed by atoms with Crippen molar-refractivity contribution in [2.75, 3.05) is 26.3 Å². The number of nitrogens with zero attached hydrogens (tertiary/aromatic N) is 1. The van der Waals surface area contributed by atoms with Gasteiger partial charge >= 0.3 is 5.97 Å². The second-order valence-corrected chi connectivity index (χ2v) is 8.13. The van der Waals surface area contributed by atoms with Gasteiger partial charge in [-0.15, -0.1) is 0 Å². The zero-order chi connectivity index (χ0) is 20.5. The predicted molar refractivity (Wildman–Crippen MR) is 114 cm³/mol. The van der Waals surface area contributed by atoms with Crippen LogP contribution in [0, 0.1) is 12.8 Å². The smallest absolute Gasteiger partial charge is 0.340 e. The number of rotatable bonds is 7. The van der Waals surface area contributed by atoms with Gasteiger partial charge in [0, 0.05) is 29.7 Å². The Balaban J connectivity index is 1.26. The second kappa shape index (κ2) is 8.13. The van der Waals surface area contributed by atoms with Gasteiger partial charge in [0.2, 0.25) is 0 Å². The fourth-order valence-electron chi connectivity index (χ4n) is 4.47. The third-order valence-electron chi connectivity index (χ3n) is 5.98. The highest BCUT2D eigenvalue weighted by atomic mass is 16.5. The van der Waals surface area contributed by atoms with Gasteiger partial charge in [-0.2, -0.15) is 0 Å². The van der Waals surface area contributed by atoms with Crippen LogP contribution < -0.4 is 4.74 Å². The Morgan fingerprint density at radius 1 is 1.23 bits per heavy atom. The number of likely N-dealkylation sites (tertiary alicyclic amines) is 1. The van der Waals surface area contributed by atoms with E-state index >= 15 is 0 Å². The molecule has 2 aliphatic heterocycles. The summed E-state index contributed by atoms with van der Waals surface area (Å²) < 4.78 is 17.3. The number of hydrogen-bond acceptors (Lipinski definition) is 5. The monoisotopic (exact) mass is 406 g/mol. The number of carbonyl (C=O) groups excluding carboxylic acids is 1. The molecule has 2 saturated heterocycles. The molecule has 5 rings (SSSR count). The third-order valence-corrected chi connectivity index (χ3v) is 5.98. The van der Waals surface area contributed by atoms with Crippen molar-refractivity contribution in [2.45, 2.75) is 26.2 Å². The number of esters is 1. The minimum atomic E-state index is -0.329. The minimum Gasteiger partial charge on any atom is -0.492 e. The van der Waals surface area contributed by atoms with Crippen LogP contribution in [0.2, 0.25) is 0 Å². The lowest BCUT2D eigenvalue weighted by Gasteiger charge is -2.26. The average molecular weight is 406 g/mol. The number of fused-ring (bicyclic) bond motifs is 3. The van der Waals surface area contributed by atoms with Crippen molar-refractivity contribution < 1.29 is 19.0 Å². The van der Waals surface area contributed by atoms with Crippen molar-refractivity contribution in [3.8, 4) is 5.75 Å². The van der Waals surface area contributed by atoms with Crippen molar-refractivity contribution in [3.63, 3.8) is 0 Å². The lowest BCUT2D eigenvalue weighted by atomic mass is 10.1. The maximum atomic E-state index is 12.8. The van der Waals surface area contributed by atoms with Gasteiger partial charge in [0.15, 0.2) is 0 Å². The molecular weight excluding hydrogens is 380 g/mol. The zero-order valence-electron chi connectivity index (χ0n) is 17.1. The van der Waals surface area contributed by atoms with E-state index in [1.807, 2.05) is 55.5 Å². The number of aromatic amines is 1. The minimum absolute atomic E-state index is 0.252. The molecule has 6 heteroatoms. The molecule has 3 heterocycles. The first-order valence-corrected chi connectivity index (χ1v) is 10.5. The van der Waals surface area contributed by atoms with Gasteiger partial charge in [-0.05, 0) is 43.0 Å². The predicted octanol–water partition coefficient (Wildman–Crippen LogP) is 3.89. The maximum Gasteiger partial charge on any atom is 0.340 e. The normalized spacial score (nSPS) is 20.7. The van der Waals surface area contributed by atoms with Crippen LogP contribution in [0.3, 0.4) is 0 Å². The van der Waals surface area contributed by atoms with Crippen molar-refractivity contribution in [1.29, 1.82) is 0 Å². The van der Waals surface area contributed by atoms with Crippen LogP contribution in [0.15, 0.2) is 48.5 Å². The summed E-state index contributed by atoms with van der Waals surface area (Å²) in [4.78, 5) is 18.4. The van der Waals surface area contributed by atoms with E-state index in [1.165, 1.54) is 0 Å². The van der Waals surface area contributed by atoms with Crippen molar-refractivity contribution >= 4 is 16.9 Å². The number of hydrogen-bond donors (Lipinski definition) is 1. The Morgan fingerprint density at radius 2 is 2.10 bits per heavy atom. The molecule has 2 unspecified atom stereocenters. The molecule has 0 amide bonds. The molecule has 30 heavy (non-hydrogen) atoms. The number of aromatic nitrogens is 1. The Morgan fingerprint density at radius 3 is 2.87 bits per heavy atom. The van der Waals surface area contributed by atoms with Crippen LogP contribution in [-0.2, 0) is 16.1 Å². The van der Waals surface area contributed by atoms with Crippen LogP contribution in [0.4, 0.5) is 0 Å². The lowest BCUT2D eigenvalue weighted by Crippen LogP contribution is -2.37. The number of ether oxygens (including phenoxy) is 3. The molecule has 0 radical (unpaired) electrons. The summed E-state index contributed by atoms with van der Waals surface area (Å²) in [5, 5.41) is 0.826. The number of H-pyrrole nitrogens is 1. The van der Waals surface area contributed by atoms with Crippen LogP contribution in [0.1, 0.15) is 28.0 Å². The molecule has 2 atom stereocenters. The first kappa shape index (κ1) is 19.2. The molecule has 0 aliphatic carbocycles. The summed E-state index contributed by atoms with van der Waals surface area (Å²) in [6.07, 6.45) is 1.41. The van der Waals surface area contributed by atoms with E-state index in [1.54, 1.807) is 0 Å². The topological polar surface area (TPSA) is 63.8 Å². The number of carbonyl (C=O) groups is 1. The molecule has 0 saturated carbocycles. The highest BCUT2D eigenvalue weighted by Crippen LogP contribution is 2.31. The van der Waals surface area contributed by atoms with Gasteiger partial charge < -0.3 is 19.2 Å². The summed E-state index contributed by atoms with van der Waals surface area (Å²) in [5.41, 5.74) is 3.23. The van der Waals surface area contributed by atoms with Gasteiger partial charge in [0.25, 0.3) is 0 Å². The molecule has 0 spiro atoms. The lowest BCUT2D eigenvalue weighted by molar-refractivity contribution is -0.0420. The Bertz CT molecular complexity index is 1050. The molecule has 6 nitrogen and oxygen atoms in total. The maximum absolute atomic E-state index is 12.8. The average Bonchev–Trinajstić information content (AvgIpc) is 3.46. The largest absolute Gasteiger partial charge is 0.492 e. The van der Waals surface area contributed by atoms with Crippen molar-refractivity contribution in [3.05, 3.63) is 65.4 Å². The highest BCUT2D eigenvalue weighted by molar-refractivity contribution is 6.05. The van der Waals surface area contributed by atoms with E-state index in [0.29, 0.717) is 18.1 Å². The summed E-state index contributed by atoms with van der Waals surface area (Å²) in [7, 11) is 0. The van der Waals surface area contributed by atoms with Gasteiger partial charge in [0.1, 0.15) is 25.2 Å². The van der Waals surface area contributed by atoms with Crippen LogP contribution in [-0.4, -0.2) is 48.4 Å². The van der Waals surface area contributed by atoms with Gasteiger partial charge in [0.05, 0.1) is 12.2 Å². The van der Waals surface area contributed by atoms with Gasteiger partial charge in [-0.25, -0.2) is 4.79 Å². The summed E-state index contributed by atoms with van der Waals surface area (Å²) in [6.45, 7) is 5.58. The molecule has 2 aliphatic rings. The van der Waals surface area contributed by atoms with Crippen LogP contribution in [0.5, 0.6) is 5.75 Å². The van der Waals surface area contributed by atoms with Crippen LogP contribution >= 0.6 is 0 Å². The fraction of sp³-hybridized carbons (Fsp3) is 0.375. The molecular formula is C24H26N2O4. The Labute approximate surface area is 175 Å². The standard InChI is InChI=1S/C24H26N2O4/c1-16-23(24(27)30-14-17-5-3-2-4-6-17)20-12-19(7-8-21(20)25-16)28-10-9-26-13-18-11-22(26)29-15-18/h2-8,12,18,22,25H,9-11,13-15H2,1H3. The molecule has 156 valence electrons. The molecule has 2 aromatic carbocycles. The third kappa shape index (κ3) is 3.80. The van der Waals surface area contributed by atoms with E-state index in [0.717, 1.165) is 54.0 Å². The van der Waals surface area contributed by atoms with E-state index in [2.05, 4.69) is 9.88 Å². The van der Waals surface area contributed by atoms with Gasteiger partial charge in [-0.1, -0.05) is 30.3 Å². The molecule has 1 aromatic heterocycles.